The van der Waals surface area contributed by atoms with E-state index in [4.69, 9.17) is 0 Å². The Morgan fingerprint density at radius 1 is 1.43 bits per heavy atom. The Balaban J connectivity index is 2.46. The first-order valence-corrected chi connectivity index (χ1v) is 5.29. The zero-order chi connectivity index (χ0) is 10.2. The van der Waals surface area contributed by atoms with Crippen molar-refractivity contribution >= 4 is 0 Å². The molecular weight excluding hydrogens is 172 g/mol. The molecule has 0 fully saturated rings. The van der Waals surface area contributed by atoms with Gasteiger partial charge in [-0.3, -0.25) is 4.98 Å². The Morgan fingerprint density at radius 2 is 2.29 bits per heavy atom. The van der Waals surface area contributed by atoms with Gasteiger partial charge in [-0.25, -0.2) is 0 Å². The fourth-order valence-corrected chi connectivity index (χ4v) is 1.54. The lowest BCUT2D eigenvalue weighted by Gasteiger charge is -2.12. The molecular formula is C12H19N2. The van der Waals surface area contributed by atoms with Crippen molar-refractivity contribution < 1.29 is 0 Å². The summed E-state index contributed by atoms with van der Waals surface area (Å²) in [6.45, 7) is 3.28. The van der Waals surface area contributed by atoms with Crippen molar-refractivity contribution in [2.75, 3.05) is 13.6 Å². The quantitative estimate of drug-likeness (QED) is 0.698. The first kappa shape index (κ1) is 11.2. The average molecular weight is 191 g/mol. The van der Waals surface area contributed by atoms with Gasteiger partial charge in [-0.15, -0.1) is 0 Å². The standard InChI is InChI=1S/C12H19N2/c1-3-11(7-6-9-13-2)12-8-4-5-10-14-12/h4-5,8,10,13H,3,6-7,9H2,1-2H3. The summed E-state index contributed by atoms with van der Waals surface area (Å²) in [5.74, 6) is 1.46. The van der Waals surface area contributed by atoms with Crippen molar-refractivity contribution in [3.8, 4) is 0 Å². The number of nitrogens with zero attached hydrogens (tertiary/aromatic N) is 1. The highest BCUT2D eigenvalue weighted by Crippen LogP contribution is 2.20. The third kappa shape index (κ3) is 3.46. The number of rotatable bonds is 6. The minimum absolute atomic E-state index is 1.08. The smallest absolute Gasteiger partial charge is 0.0474 e. The van der Waals surface area contributed by atoms with Crippen molar-refractivity contribution in [3.63, 3.8) is 0 Å². The minimum Gasteiger partial charge on any atom is -0.320 e. The molecule has 0 bridgehead atoms. The van der Waals surface area contributed by atoms with Crippen molar-refractivity contribution in [2.45, 2.75) is 26.2 Å². The van der Waals surface area contributed by atoms with E-state index in [1.807, 2.05) is 19.3 Å². The third-order valence-electron chi connectivity index (χ3n) is 2.36. The van der Waals surface area contributed by atoms with Gasteiger partial charge in [-0.2, -0.15) is 0 Å². The molecule has 0 atom stereocenters. The van der Waals surface area contributed by atoms with Gasteiger partial charge < -0.3 is 5.32 Å². The largest absolute Gasteiger partial charge is 0.320 e. The summed E-state index contributed by atoms with van der Waals surface area (Å²) in [5, 5.41) is 3.16. The number of hydrogen-bond donors (Lipinski definition) is 1. The molecule has 0 saturated carbocycles. The zero-order valence-electron chi connectivity index (χ0n) is 9.09. The van der Waals surface area contributed by atoms with Crippen LogP contribution in [0.3, 0.4) is 0 Å². The molecule has 1 aromatic rings. The second-order valence-electron chi connectivity index (χ2n) is 3.38. The van der Waals surface area contributed by atoms with Crippen molar-refractivity contribution in [2.24, 2.45) is 0 Å². The molecule has 1 heterocycles. The molecule has 0 saturated heterocycles. The van der Waals surface area contributed by atoms with E-state index >= 15 is 0 Å². The molecule has 2 nitrogen and oxygen atoms in total. The van der Waals surface area contributed by atoms with Crippen LogP contribution in [0.15, 0.2) is 24.4 Å². The van der Waals surface area contributed by atoms with Crippen LogP contribution in [-0.2, 0) is 0 Å². The van der Waals surface area contributed by atoms with Crippen LogP contribution < -0.4 is 5.32 Å². The molecule has 0 spiro atoms. The van der Waals surface area contributed by atoms with E-state index in [2.05, 4.69) is 29.4 Å². The Labute approximate surface area is 86.8 Å². The van der Waals surface area contributed by atoms with Crippen molar-refractivity contribution in [3.05, 3.63) is 36.0 Å². The maximum Gasteiger partial charge on any atom is 0.0474 e. The molecule has 1 rings (SSSR count). The van der Waals surface area contributed by atoms with Crippen LogP contribution in [0.1, 0.15) is 31.9 Å². The first-order chi connectivity index (χ1) is 6.88. The predicted octanol–water partition coefficient (Wildman–Crippen LogP) is 2.41. The van der Waals surface area contributed by atoms with Gasteiger partial charge in [0, 0.05) is 17.8 Å². The molecule has 0 unspecified atom stereocenters. The van der Waals surface area contributed by atoms with Crippen LogP contribution in [0.25, 0.3) is 0 Å². The Bertz CT molecular complexity index is 233. The third-order valence-corrected chi connectivity index (χ3v) is 2.36. The monoisotopic (exact) mass is 191 g/mol. The van der Waals surface area contributed by atoms with Gasteiger partial charge >= 0.3 is 0 Å². The SMILES string of the molecule is CC[C](CCCNC)c1ccccn1. The molecule has 0 aromatic carbocycles. The fraction of sp³-hybridized carbons (Fsp3) is 0.500. The summed E-state index contributed by atoms with van der Waals surface area (Å²) >= 11 is 0. The lowest BCUT2D eigenvalue weighted by Crippen LogP contribution is -2.10. The van der Waals surface area contributed by atoms with Gasteiger partial charge in [0.15, 0.2) is 0 Å². The van der Waals surface area contributed by atoms with Crippen LogP contribution in [0, 0.1) is 5.92 Å². The van der Waals surface area contributed by atoms with Gasteiger partial charge in [-0.1, -0.05) is 13.0 Å². The van der Waals surface area contributed by atoms with Crippen LogP contribution in [0.4, 0.5) is 0 Å². The van der Waals surface area contributed by atoms with Gasteiger partial charge in [0.05, 0.1) is 0 Å². The second kappa shape index (κ2) is 6.55. The summed E-state index contributed by atoms with van der Waals surface area (Å²) in [4.78, 5) is 4.37. The highest BCUT2D eigenvalue weighted by molar-refractivity contribution is 5.22. The molecule has 0 aliphatic carbocycles. The lowest BCUT2D eigenvalue weighted by molar-refractivity contribution is 0.669. The lowest BCUT2D eigenvalue weighted by atomic mass is 9.96. The van der Waals surface area contributed by atoms with E-state index in [0.29, 0.717) is 0 Å². The molecule has 1 aromatic heterocycles. The predicted molar refractivity (Wildman–Crippen MR) is 60.0 cm³/mol. The first-order valence-electron chi connectivity index (χ1n) is 5.29. The number of hydrogen-bond acceptors (Lipinski definition) is 2. The Morgan fingerprint density at radius 3 is 2.86 bits per heavy atom. The van der Waals surface area contributed by atoms with Gasteiger partial charge in [0.1, 0.15) is 0 Å². The molecule has 14 heavy (non-hydrogen) atoms. The number of aromatic nitrogens is 1. The highest BCUT2D eigenvalue weighted by Gasteiger charge is 2.09. The van der Waals surface area contributed by atoms with E-state index in [1.54, 1.807) is 0 Å². The zero-order valence-corrected chi connectivity index (χ0v) is 9.09. The van der Waals surface area contributed by atoms with Crippen LogP contribution >= 0.6 is 0 Å². The molecule has 77 valence electrons. The van der Waals surface area contributed by atoms with E-state index in [0.717, 1.165) is 25.1 Å². The number of nitrogens with one attached hydrogen (secondary N) is 1. The maximum absolute atomic E-state index is 4.37. The Kier molecular flexibility index (Phi) is 5.23. The second-order valence-corrected chi connectivity index (χ2v) is 3.38. The summed E-state index contributed by atoms with van der Waals surface area (Å²) < 4.78 is 0. The average Bonchev–Trinajstić information content (AvgIpc) is 2.26. The van der Waals surface area contributed by atoms with Gasteiger partial charge in [-0.05, 0) is 45.0 Å². The Hall–Kier alpha value is -0.890. The number of pyridine rings is 1. The van der Waals surface area contributed by atoms with Crippen LogP contribution in [0.5, 0.6) is 0 Å². The fourth-order valence-electron chi connectivity index (χ4n) is 1.54. The van der Waals surface area contributed by atoms with E-state index in [9.17, 15) is 0 Å². The molecule has 0 amide bonds. The van der Waals surface area contributed by atoms with Gasteiger partial charge in [0.2, 0.25) is 0 Å². The molecule has 0 aliphatic rings. The molecule has 1 N–H and O–H groups in total. The van der Waals surface area contributed by atoms with Crippen LogP contribution in [0.2, 0.25) is 0 Å². The summed E-state index contributed by atoms with van der Waals surface area (Å²) in [5.41, 5.74) is 1.16. The summed E-state index contributed by atoms with van der Waals surface area (Å²) in [6, 6.07) is 6.11. The van der Waals surface area contributed by atoms with E-state index in [-0.39, 0.29) is 0 Å². The summed E-state index contributed by atoms with van der Waals surface area (Å²) in [7, 11) is 1.99. The van der Waals surface area contributed by atoms with Crippen LogP contribution in [-0.4, -0.2) is 18.6 Å². The van der Waals surface area contributed by atoms with Gasteiger partial charge in [0.25, 0.3) is 0 Å². The topological polar surface area (TPSA) is 24.9 Å². The minimum atomic E-state index is 1.08. The highest BCUT2D eigenvalue weighted by atomic mass is 14.8. The van der Waals surface area contributed by atoms with Crippen molar-refractivity contribution in [1.29, 1.82) is 0 Å². The molecule has 1 radical (unpaired) electrons. The normalized spacial score (nSPS) is 10.8. The maximum atomic E-state index is 4.37. The molecule has 0 aliphatic heterocycles. The summed E-state index contributed by atoms with van der Waals surface area (Å²) in [6.07, 6.45) is 5.30. The van der Waals surface area contributed by atoms with E-state index in [1.165, 1.54) is 12.3 Å². The van der Waals surface area contributed by atoms with Crippen molar-refractivity contribution in [1.82, 2.24) is 10.3 Å². The molecule has 2 heteroatoms. The van der Waals surface area contributed by atoms with E-state index < -0.39 is 0 Å².